The number of anilines is 2. The van der Waals surface area contributed by atoms with Crippen molar-refractivity contribution >= 4 is 11.5 Å². The fraction of sp³-hybridized carbons (Fsp3) is 0.615. The van der Waals surface area contributed by atoms with E-state index in [0.29, 0.717) is 11.5 Å². The third kappa shape index (κ3) is 2.13. The lowest BCUT2D eigenvalue weighted by molar-refractivity contribution is 0.349. The molecule has 1 atom stereocenters. The Hall–Kier alpha value is -1.25. The van der Waals surface area contributed by atoms with E-state index in [0.717, 1.165) is 17.2 Å². The highest BCUT2D eigenvalue weighted by molar-refractivity contribution is 5.49. The number of rotatable bonds is 2. The number of nitrogens with two attached hydrogens (primary N) is 1. The first-order valence-corrected chi connectivity index (χ1v) is 5.99. The summed E-state index contributed by atoms with van der Waals surface area (Å²) >= 11 is 0. The lowest BCUT2D eigenvalue weighted by Gasteiger charge is -2.28. The van der Waals surface area contributed by atoms with Crippen LogP contribution < -0.4 is 11.1 Å². The molecule has 0 saturated heterocycles. The highest BCUT2D eigenvalue weighted by atomic mass is 15.0. The molecule has 1 aromatic heterocycles. The van der Waals surface area contributed by atoms with Crippen molar-refractivity contribution in [1.82, 2.24) is 4.98 Å². The number of hydrogen-bond donors (Lipinski definition) is 2. The van der Waals surface area contributed by atoms with Gasteiger partial charge in [0.05, 0.1) is 11.4 Å². The molecule has 16 heavy (non-hydrogen) atoms. The summed E-state index contributed by atoms with van der Waals surface area (Å²) in [6.07, 6.45) is 3.83. The van der Waals surface area contributed by atoms with Gasteiger partial charge in [0.15, 0.2) is 0 Å². The summed E-state index contributed by atoms with van der Waals surface area (Å²) in [5.74, 6) is 0.951. The standard InChI is InChI=1S/C13H21N3/c1-9-10(14)6-7-12(15-9)16-11-5-4-8-13(11,2)3/h6-7,11H,4-5,8,14H2,1-3H3,(H,15,16). The zero-order valence-electron chi connectivity index (χ0n) is 10.4. The zero-order valence-corrected chi connectivity index (χ0v) is 10.4. The van der Waals surface area contributed by atoms with Gasteiger partial charge in [-0.25, -0.2) is 4.98 Å². The number of hydrogen-bond acceptors (Lipinski definition) is 3. The maximum absolute atomic E-state index is 5.76. The Balaban J connectivity index is 2.12. The fourth-order valence-corrected chi connectivity index (χ4v) is 2.43. The van der Waals surface area contributed by atoms with Crippen LogP contribution in [0.4, 0.5) is 11.5 Å². The van der Waals surface area contributed by atoms with Crippen molar-refractivity contribution in [3.63, 3.8) is 0 Å². The van der Waals surface area contributed by atoms with E-state index in [1.165, 1.54) is 19.3 Å². The largest absolute Gasteiger partial charge is 0.397 e. The third-order valence-corrected chi connectivity index (χ3v) is 3.71. The molecule has 1 heterocycles. The summed E-state index contributed by atoms with van der Waals surface area (Å²) in [5.41, 5.74) is 7.80. The molecule has 0 radical (unpaired) electrons. The van der Waals surface area contributed by atoms with Crippen LogP contribution in [0.3, 0.4) is 0 Å². The number of nitrogen functional groups attached to an aromatic ring is 1. The third-order valence-electron chi connectivity index (χ3n) is 3.71. The molecule has 1 unspecified atom stereocenters. The molecule has 3 nitrogen and oxygen atoms in total. The van der Waals surface area contributed by atoms with Gasteiger partial charge >= 0.3 is 0 Å². The predicted molar refractivity (Wildman–Crippen MR) is 68.4 cm³/mol. The first-order valence-electron chi connectivity index (χ1n) is 5.99. The first kappa shape index (κ1) is 11.2. The fourth-order valence-electron chi connectivity index (χ4n) is 2.43. The van der Waals surface area contributed by atoms with Crippen LogP contribution >= 0.6 is 0 Å². The zero-order chi connectivity index (χ0) is 11.8. The number of pyridine rings is 1. The lowest BCUT2D eigenvalue weighted by atomic mass is 9.87. The normalized spacial score (nSPS) is 23.3. The predicted octanol–water partition coefficient (Wildman–Crippen LogP) is 2.96. The summed E-state index contributed by atoms with van der Waals surface area (Å²) in [4.78, 5) is 4.47. The van der Waals surface area contributed by atoms with Gasteiger partial charge in [0.2, 0.25) is 0 Å². The molecule has 1 saturated carbocycles. The van der Waals surface area contributed by atoms with E-state index < -0.39 is 0 Å². The van der Waals surface area contributed by atoms with Gasteiger partial charge in [-0.2, -0.15) is 0 Å². The second-order valence-electron chi connectivity index (χ2n) is 5.45. The van der Waals surface area contributed by atoms with Crippen molar-refractivity contribution in [2.24, 2.45) is 5.41 Å². The van der Waals surface area contributed by atoms with Crippen LogP contribution in [0.1, 0.15) is 38.8 Å². The Morgan fingerprint density at radius 1 is 1.44 bits per heavy atom. The van der Waals surface area contributed by atoms with Crippen molar-refractivity contribution in [2.45, 2.75) is 46.1 Å². The SMILES string of the molecule is Cc1nc(NC2CCCC2(C)C)ccc1N. The van der Waals surface area contributed by atoms with Crippen molar-refractivity contribution in [1.29, 1.82) is 0 Å². The van der Waals surface area contributed by atoms with E-state index >= 15 is 0 Å². The van der Waals surface area contributed by atoms with E-state index in [4.69, 9.17) is 5.73 Å². The molecule has 0 aliphatic heterocycles. The van der Waals surface area contributed by atoms with E-state index in [2.05, 4.69) is 24.1 Å². The van der Waals surface area contributed by atoms with Crippen molar-refractivity contribution in [3.05, 3.63) is 17.8 Å². The van der Waals surface area contributed by atoms with Gasteiger partial charge in [-0.05, 0) is 37.3 Å². The molecule has 0 amide bonds. The molecule has 3 heteroatoms. The Morgan fingerprint density at radius 2 is 2.19 bits per heavy atom. The molecule has 1 fully saturated rings. The molecule has 1 aliphatic carbocycles. The highest BCUT2D eigenvalue weighted by Crippen LogP contribution is 2.38. The van der Waals surface area contributed by atoms with Crippen LogP contribution in [0.5, 0.6) is 0 Å². The van der Waals surface area contributed by atoms with Gasteiger partial charge < -0.3 is 11.1 Å². The Kier molecular flexibility index (Phi) is 2.78. The lowest BCUT2D eigenvalue weighted by Crippen LogP contribution is -2.31. The average molecular weight is 219 g/mol. The van der Waals surface area contributed by atoms with Gasteiger partial charge in [-0.1, -0.05) is 20.3 Å². The van der Waals surface area contributed by atoms with E-state index in [-0.39, 0.29) is 0 Å². The van der Waals surface area contributed by atoms with Gasteiger partial charge in [-0.3, -0.25) is 0 Å². The van der Waals surface area contributed by atoms with Crippen LogP contribution in [-0.4, -0.2) is 11.0 Å². The molecule has 2 rings (SSSR count). The van der Waals surface area contributed by atoms with Crippen molar-refractivity contribution < 1.29 is 0 Å². The van der Waals surface area contributed by atoms with Crippen LogP contribution in [0.2, 0.25) is 0 Å². The molecule has 1 aliphatic rings. The highest BCUT2D eigenvalue weighted by Gasteiger charge is 2.34. The van der Waals surface area contributed by atoms with Crippen molar-refractivity contribution in [3.8, 4) is 0 Å². The molecule has 0 spiro atoms. The second-order valence-corrected chi connectivity index (χ2v) is 5.45. The summed E-state index contributed by atoms with van der Waals surface area (Å²) in [6.45, 7) is 6.59. The maximum atomic E-state index is 5.76. The minimum Gasteiger partial charge on any atom is -0.397 e. The number of aromatic nitrogens is 1. The molecular weight excluding hydrogens is 198 g/mol. The molecule has 3 N–H and O–H groups in total. The molecule has 1 aromatic rings. The first-order chi connectivity index (χ1) is 7.49. The average Bonchev–Trinajstić information content (AvgIpc) is 2.52. The van der Waals surface area contributed by atoms with Crippen LogP contribution in [-0.2, 0) is 0 Å². The van der Waals surface area contributed by atoms with Gasteiger partial charge in [0, 0.05) is 6.04 Å². The minimum absolute atomic E-state index is 0.372. The Morgan fingerprint density at radius 3 is 2.75 bits per heavy atom. The number of nitrogens with one attached hydrogen (secondary N) is 1. The molecule has 88 valence electrons. The smallest absolute Gasteiger partial charge is 0.126 e. The van der Waals surface area contributed by atoms with Crippen LogP contribution in [0.15, 0.2) is 12.1 Å². The minimum atomic E-state index is 0.372. The van der Waals surface area contributed by atoms with Gasteiger partial charge in [0.1, 0.15) is 5.82 Å². The van der Waals surface area contributed by atoms with Crippen molar-refractivity contribution in [2.75, 3.05) is 11.1 Å². The summed E-state index contributed by atoms with van der Waals surface area (Å²) < 4.78 is 0. The summed E-state index contributed by atoms with van der Waals surface area (Å²) in [5, 5.41) is 3.53. The topological polar surface area (TPSA) is 50.9 Å². The van der Waals surface area contributed by atoms with Crippen LogP contribution in [0.25, 0.3) is 0 Å². The number of aryl methyl sites for hydroxylation is 1. The Labute approximate surface area is 97.5 Å². The Bertz CT molecular complexity index is 385. The van der Waals surface area contributed by atoms with E-state index in [1.54, 1.807) is 0 Å². The van der Waals surface area contributed by atoms with E-state index in [9.17, 15) is 0 Å². The van der Waals surface area contributed by atoms with Crippen LogP contribution in [0, 0.1) is 12.3 Å². The van der Waals surface area contributed by atoms with Gasteiger partial charge in [0.25, 0.3) is 0 Å². The van der Waals surface area contributed by atoms with Gasteiger partial charge in [-0.15, -0.1) is 0 Å². The maximum Gasteiger partial charge on any atom is 0.126 e. The summed E-state index contributed by atoms with van der Waals surface area (Å²) in [6, 6.07) is 4.42. The quantitative estimate of drug-likeness (QED) is 0.804. The van der Waals surface area contributed by atoms with E-state index in [1.807, 2.05) is 19.1 Å². The second kappa shape index (κ2) is 3.96. The molecule has 0 aromatic carbocycles. The molecular formula is C13H21N3. The summed E-state index contributed by atoms with van der Waals surface area (Å²) in [7, 11) is 0. The number of nitrogens with zero attached hydrogens (tertiary/aromatic N) is 1. The monoisotopic (exact) mass is 219 g/mol. The molecule has 0 bridgehead atoms.